The number of rotatable bonds is 4. The van der Waals surface area contributed by atoms with Gasteiger partial charge in [-0.25, -0.2) is 18.7 Å². The molecule has 0 unspecified atom stereocenters. The number of fused-ring (bicyclic) bond motifs is 1. The van der Waals surface area contributed by atoms with E-state index in [4.69, 9.17) is 9.47 Å². The molecule has 0 amide bonds. The number of hydrogen-bond donors (Lipinski definition) is 0. The zero-order valence-electron chi connectivity index (χ0n) is 15.5. The average molecular weight is 395 g/mol. The molecule has 2 aromatic heterocycles. The fourth-order valence-corrected chi connectivity index (χ4v) is 3.01. The van der Waals surface area contributed by atoms with Crippen molar-refractivity contribution in [2.45, 2.75) is 0 Å². The highest BCUT2D eigenvalue weighted by Crippen LogP contribution is 2.32. The highest BCUT2D eigenvalue weighted by atomic mass is 19.1. The molecular weight excluding hydrogens is 380 g/mol. The molecule has 146 valence electrons. The number of hydrogen-bond acceptors (Lipinski definition) is 5. The third kappa shape index (κ3) is 3.29. The number of pyridine rings is 1. The molecule has 0 bridgehead atoms. The molecule has 8 heteroatoms. The first-order chi connectivity index (χ1) is 14.0. The predicted molar refractivity (Wildman–Crippen MR) is 104 cm³/mol. The van der Waals surface area contributed by atoms with Crippen molar-refractivity contribution in [1.82, 2.24) is 14.5 Å². The quantitative estimate of drug-likeness (QED) is 0.527. The van der Waals surface area contributed by atoms with E-state index < -0.39 is 17.2 Å². The molecule has 0 spiro atoms. The molecule has 2 heterocycles. The zero-order chi connectivity index (χ0) is 20.5. The fourth-order valence-electron chi connectivity index (χ4n) is 3.01. The second kappa shape index (κ2) is 7.31. The van der Waals surface area contributed by atoms with Crippen LogP contribution in [0.5, 0.6) is 11.5 Å². The Hall–Kier alpha value is -3.81. The van der Waals surface area contributed by atoms with E-state index in [0.717, 1.165) is 10.6 Å². The Balaban J connectivity index is 1.93. The Labute approximate surface area is 164 Å². The van der Waals surface area contributed by atoms with Gasteiger partial charge in [-0.2, -0.15) is 0 Å². The van der Waals surface area contributed by atoms with Crippen molar-refractivity contribution in [1.29, 1.82) is 0 Å². The van der Waals surface area contributed by atoms with Gasteiger partial charge < -0.3 is 9.47 Å². The van der Waals surface area contributed by atoms with Crippen molar-refractivity contribution in [3.05, 3.63) is 76.8 Å². The van der Waals surface area contributed by atoms with Gasteiger partial charge in [-0.05, 0) is 42.5 Å². The van der Waals surface area contributed by atoms with Gasteiger partial charge in [-0.1, -0.05) is 0 Å². The molecule has 0 radical (unpaired) electrons. The third-order valence-electron chi connectivity index (χ3n) is 4.46. The molecule has 0 saturated carbocycles. The van der Waals surface area contributed by atoms with Gasteiger partial charge in [-0.3, -0.25) is 9.36 Å². The number of benzene rings is 2. The van der Waals surface area contributed by atoms with Crippen molar-refractivity contribution in [2.24, 2.45) is 0 Å². The fraction of sp³-hybridized carbons (Fsp3) is 0.0952. The Morgan fingerprint density at radius 1 is 0.966 bits per heavy atom. The molecule has 0 saturated heterocycles. The van der Waals surface area contributed by atoms with E-state index in [-0.39, 0.29) is 11.2 Å². The monoisotopic (exact) mass is 395 g/mol. The van der Waals surface area contributed by atoms with Gasteiger partial charge in [0.25, 0.3) is 5.56 Å². The highest BCUT2D eigenvalue weighted by Gasteiger charge is 2.15. The van der Waals surface area contributed by atoms with Crippen LogP contribution in [0.4, 0.5) is 8.78 Å². The first-order valence-corrected chi connectivity index (χ1v) is 8.58. The Morgan fingerprint density at radius 2 is 1.79 bits per heavy atom. The largest absolute Gasteiger partial charge is 0.497 e. The molecule has 0 N–H and O–H groups in total. The van der Waals surface area contributed by atoms with Crippen LogP contribution in [-0.2, 0) is 0 Å². The van der Waals surface area contributed by atoms with Crippen LogP contribution in [0, 0.1) is 11.6 Å². The van der Waals surface area contributed by atoms with Crippen LogP contribution < -0.4 is 15.0 Å². The lowest BCUT2D eigenvalue weighted by Crippen LogP contribution is -2.21. The summed E-state index contributed by atoms with van der Waals surface area (Å²) in [6.45, 7) is 0. The summed E-state index contributed by atoms with van der Waals surface area (Å²) in [5.41, 5.74) is 0.778. The standard InChI is InChI=1S/C21H15F2N3O3/c1-28-13-4-8-19(29-2)14(10-13)16-5-6-17-20(25-16)21(27)26(11-24-17)18-7-3-12(22)9-15(18)23/h3-11H,1-2H3. The van der Waals surface area contributed by atoms with Gasteiger partial charge in [0, 0.05) is 11.6 Å². The molecule has 0 atom stereocenters. The van der Waals surface area contributed by atoms with E-state index in [1.54, 1.807) is 37.4 Å². The maximum atomic E-state index is 14.2. The van der Waals surface area contributed by atoms with E-state index in [2.05, 4.69) is 9.97 Å². The minimum Gasteiger partial charge on any atom is -0.497 e. The third-order valence-corrected chi connectivity index (χ3v) is 4.46. The highest BCUT2D eigenvalue weighted by molar-refractivity contribution is 5.79. The average Bonchev–Trinajstić information content (AvgIpc) is 2.74. The van der Waals surface area contributed by atoms with E-state index in [1.807, 2.05) is 0 Å². The predicted octanol–water partition coefficient (Wildman–Crippen LogP) is 3.74. The van der Waals surface area contributed by atoms with Crippen LogP contribution in [0.3, 0.4) is 0 Å². The summed E-state index contributed by atoms with van der Waals surface area (Å²) in [5.74, 6) is -0.469. The molecule has 4 aromatic rings. The Bertz CT molecular complexity index is 1290. The van der Waals surface area contributed by atoms with E-state index in [1.165, 1.54) is 19.5 Å². The molecule has 6 nitrogen and oxygen atoms in total. The summed E-state index contributed by atoms with van der Waals surface area (Å²) in [5, 5.41) is 0. The van der Waals surface area contributed by atoms with Crippen LogP contribution >= 0.6 is 0 Å². The second-order valence-electron chi connectivity index (χ2n) is 6.15. The SMILES string of the molecule is COc1ccc(OC)c(-c2ccc3ncn(-c4ccc(F)cc4F)c(=O)c3n2)c1. The summed E-state index contributed by atoms with van der Waals surface area (Å²) in [6, 6.07) is 11.5. The topological polar surface area (TPSA) is 66.2 Å². The number of ether oxygens (including phenoxy) is 2. The number of nitrogens with zero attached hydrogens (tertiary/aromatic N) is 3. The van der Waals surface area contributed by atoms with Gasteiger partial charge in [0.15, 0.2) is 5.52 Å². The smallest absolute Gasteiger partial charge is 0.284 e. The van der Waals surface area contributed by atoms with Gasteiger partial charge in [0.2, 0.25) is 0 Å². The first kappa shape index (κ1) is 18.5. The lowest BCUT2D eigenvalue weighted by Gasteiger charge is -2.11. The zero-order valence-corrected chi connectivity index (χ0v) is 15.5. The van der Waals surface area contributed by atoms with Crippen molar-refractivity contribution in [3.8, 4) is 28.4 Å². The van der Waals surface area contributed by atoms with Gasteiger partial charge >= 0.3 is 0 Å². The van der Waals surface area contributed by atoms with Gasteiger partial charge in [0.1, 0.15) is 29.5 Å². The summed E-state index contributed by atoms with van der Waals surface area (Å²) < 4.78 is 39.0. The summed E-state index contributed by atoms with van der Waals surface area (Å²) in [6.07, 6.45) is 1.19. The molecule has 2 aromatic carbocycles. The van der Waals surface area contributed by atoms with E-state index in [9.17, 15) is 13.6 Å². The lowest BCUT2D eigenvalue weighted by molar-refractivity contribution is 0.404. The summed E-state index contributed by atoms with van der Waals surface area (Å²) in [7, 11) is 3.07. The molecule has 0 aliphatic carbocycles. The summed E-state index contributed by atoms with van der Waals surface area (Å²) in [4.78, 5) is 21.6. The van der Waals surface area contributed by atoms with Crippen molar-refractivity contribution in [3.63, 3.8) is 0 Å². The Morgan fingerprint density at radius 3 is 2.52 bits per heavy atom. The van der Waals surface area contributed by atoms with Crippen LogP contribution in [0.2, 0.25) is 0 Å². The normalized spacial score (nSPS) is 10.9. The maximum Gasteiger partial charge on any atom is 0.284 e. The minimum absolute atomic E-state index is 0.0404. The van der Waals surface area contributed by atoms with Crippen LogP contribution in [0.15, 0.2) is 59.7 Å². The van der Waals surface area contributed by atoms with Crippen LogP contribution in [-0.4, -0.2) is 28.8 Å². The van der Waals surface area contributed by atoms with Crippen molar-refractivity contribution in [2.75, 3.05) is 14.2 Å². The molecule has 29 heavy (non-hydrogen) atoms. The maximum absolute atomic E-state index is 14.2. The summed E-state index contributed by atoms with van der Waals surface area (Å²) >= 11 is 0. The second-order valence-corrected chi connectivity index (χ2v) is 6.15. The first-order valence-electron chi connectivity index (χ1n) is 8.58. The minimum atomic E-state index is -0.876. The van der Waals surface area contributed by atoms with Crippen LogP contribution in [0.25, 0.3) is 28.0 Å². The molecule has 0 aliphatic rings. The van der Waals surface area contributed by atoms with Crippen molar-refractivity contribution < 1.29 is 18.3 Å². The van der Waals surface area contributed by atoms with Crippen LogP contribution in [0.1, 0.15) is 0 Å². The van der Waals surface area contributed by atoms with Gasteiger partial charge in [-0.15, -0.1) is 0 Å². The Kier molecular flexibility index (Phi) is 4.67. The van der Waals surface area contributed by atoms with Gasteiger partial charge in [0.05, 0.1) is 31.1 Å². The van der Waals surface area contributed by atoms with E-state index >= 15 is 0 Å². The number of methoxy groups -OCH3 is 2. The van der Waals surface area contributed by atoms with E-state index in [0.29, 0.717) is 34.3 Å². The lowest BCUT2D eigenvalue weighted by atomic mass is 10.1. The number of halogens is 2. The molecule has 4 rings (SSSR count). The molecule has 0 aliphatic heterocycles. The van der Waals surface area contributed by atoms with Crippen molar-refractivity contribution >= 4 is 11.0 Å². The number of aromatic nitrogens is 3. The molecule has 0 fully saturated rings. The molecular formula is C21H15F2N3O3.